The number of hydrogen-bond acceptors (Lipinski definition) is 4. The SMILES string of the molecule is CCOC(=O)[C@@H]1CCCN(CCC(=O)Nc2cc(Cl)ccc2Cl)C1. The highest BCUT2D eigenvalue weighted by Crippen LogP contribution is 2.25. The fraction of sp³-hybridized carbons (Fsp3) is 0.529. The van der Waals surface area contributed by atoms with E-state index < -0.39 is 0 Å². The lowest BCUT2D eigenvalue weighted by Crippen LogP contribution is -2.40. The third-order valence-corrected chi connectivity index (χ3v) is 4.55. The summed E-state index contributed by atoms with van der Waals surface area (Å²) in [4.78, 5) is 26.1. The van der Waals surface area contributed by atoms with Crippen LogP contribution in [0.2, 0.25) is 10.0 Å². The number of rotatable bonds is 6. The molecule has 1 amide bonds. The van der Waals surface area contributed by atoms with E-state index in [1.54, 1.807) is 18.2 Å². The van der Waals surface area contributed by atoms with Crippen molar-refractivity contribution in [3.63, 3.8) is 0 Å². The van der Waals surface area contributed by atoms with Crippen molar-refractivity contribution in [2.75, 3.05) is 31.6 Å². The van der Waals surface area contributed by atoms with Crippen LogP contribution in [0, 0.1) is 5.92 Å². The summed E-state index contributed by atoms with van der Waals surface area (Å²) >= 11 is 11.9. The number of anilines is 1. The van der Waals surface area contributed by atoms with Crippen molar-refractivity contribution >= 4 is 40.8 Å². The van der Waals surface area contributed by atoms with Gasteiger partial charge in [0.1, 0.15) is 0 Å². The molecule has 1 aliphatic heterocycles. The standard InChI is InChI=1S/C17H22Cl2N2O3/c1-2-24-17(23)12-4-3-8-21(11-12)9-7-16(22)20-15-10-13(18)5-6-14(15)19/h5-6,10,12H,2-4,7-9,11H2,1H3,(H,20,22)/t12-/m1/s1. The molecule has 0 spiro atoms. The number of nitrogens with zero attached hydrogens (tertiary/aromatic N) is 1. The van der Waals surface area contributed by atoms with Gasteiger partial charge < -0.3 is 15.0 Å². The minimum absolute atomic E-state index is 0.0934. The van der Waals surface area contributed by atoms with E-state index in [1.807, 2.05) is 6.92 Å². The maximum absolute atomic E-state index is 12.1. The van der Waals surface area contributed by atoms with E-state index in [1.165, 1.54) is 0 Å². The third kappa shape index (κ3) is 5.65. The van der Waals surface area contributed by atoms with Crippen molar-refractivity contribution in [1.82, 2.24) is 4.90 Å². The van der Waals surface area contributed by atoms with E-state index in [4.69, 9.17) is 27.9 Å². The maximum atomic E-state index is 12.1. The van der Waals surface area contributed by atoms with E-state index in [-0.39, 0.29) is 17.8 Å². The highest BCUT2D eigenvalue weighted by atomic mass is 35.5. The molecule has 0 unspecified atom stereocenters. The number of piperidine rings is 1. The Labute approximate surface area is 152 Å². The molecule has 0 radical (unpaired) electrons. The molecule has 2 rings (SSSR count). The molecular formula is C17H22Cl2N2O3. The van der Waals surface area contributed by atoms with Gasteiger partial charge in [0.15, 0.2) is 0 Å². The van der Waals surface area contributed by atoms with Crippen LogP contribution in [0.3, 0.4) is 0 Å². The topological polar surface area (TPSA) is 58.6 Å². The number of esters is 1. The van der Waals surface area contributed by atoms with E-state index in [0.717, 1.165) is 19.4 Å². The summed E-state index contributed by atoms with van der Waals surface area (Å²) in [5, 5.41) is 3.74. The number of benzene rings is 1. The van der Waals surface area contributed by atoms with Gasteiger partial charge in [-0.15, -0.1) is 0 Å². The lowest BCUT2D eigenvalue weighted by Gasteiger charge is -2.31. The predicted octanol–water partition coefficient (Wildman–Crippen LogP) is 3.60. The minimum Gasteiger partial charge on any atom is -0.466 e. The molecule has 0 saturated carbocycles. The van der Waals surface area contributed by atoms with E-state index in [9.17, 15) is 9.59 Å². The van der Waals surface area contributed by atoms with Crippen LogP contribution in [0.4, 0.5) is 5.69 Å². The van der Waals surface area contributed by atoms with Crippen molar-refractivity contribution in [3.8, 4) is 0 Å². The zero-order valence-electron chi connectivity index (χ0n) is 13.7. The fourth-order valence-electron chi connectivity index (χ4n) is 2.78. The average molecular weight is 373 g/mol. The molecule has 0 bridgehead atoms. The summed E-state index contributed by atoms with van der Waals surface area (Å²) < 4.78 is 5.09. The number of carbonyl (C=O) groups is 2. The highest BCUT2D eigenvalue weighted by molar-refractivity contribution is 6.35. The van der Waals surface area contributed by atoms with Gasteiger partial charge in [-0.2, -0.15) is 0 Å². The van der Waals surface area contributed by atoms with Crippen LogP contribution in [0.1, 0.15) is 26.2 Å². The summed E-state index contributed by atoms with van der Waals surface area (Å²) in [6.07, 6.45) is 2.11. The second kappa shape index (κ2) is 9.25. The van der Waals surface area contributed by atoms with Crippen molar-refractivity contribution in [1.29, 1.82) is 0 Å². The van der Waals surface area contributed by atoms with Gasteiger partial charge in [-0.1, -0.05) is 23.2 Å². The van der Waals surface area contributed by atoms with Gasteiger partial charge in [0, 0.05) is 24.5 Å². The van der Waals surface area contributed by atoms with Gasteiger partial charge in [0.25, 0.3) is 0 Å². The minimum atomic E-state index is -0.141. The monoisotopic (exact) mass is 372 g/mol. The van der Waals surface area contributed by atoms with Crippen LogP contribution in [0.5, 0.6) is 0 Å². The highest BCUT2D eigenvalue weighted by Gasteiger charge is 2.26. The van der Waals surface area contributed by atoms with Crippen LogP contribution in [0.25, 0.3) is 0 Å². The average Bonchev–Trinajstić information content (AvgIpc) is 2.57. The first-order chi connectivity index (χ1) is 11.5. The van der Waals surface area contributed by atoms with Crippen LogP contribution >= 0.6 is 23.2 Å². The zero-order chi connectivity index (χ0) is 17.5. The number of likely N-dealkylation sites (tertiary alicyclic amines) is 1. The Morgan fingerprint density at radius 1 is 1.38 bits per heavy atom. The molecule has 1 saturated heterocycles. The largest absolute Gasteiger partial charge is 0.466 e. The molecule has 1 heterocycles. The van der Waals surface area contributed by atoms with Crippen molar-refractivity contribution in [2.24, 2.45) is 5.92 Å². The summed E-state index contributed by atoms with van der Waals surface area (Å²) in [7, 11) is 0. The van der Waals surface area contributed by atoms with Gasteiger partial charge in [0.2, 0.25) is 5.91 Å². The second-order valence-electron chi connectivity index (χ2n) is 5.81. The first kappa shape index (κ1) is 19.0. The van der Waals surface area contributed by atoms with Crippen molar-refractivity contribution < 1.29 is 14.3 Å². The number of halogens is 2. The molecule has 1 aliphatic rings. The van der Waals surface area contributed by atoms with Crippen LogP contribution in [-0.2, 0) is 14.3 Å². The number of hydrogen-bond donors (Lipinski definition) is 1. The summed E-state index contributed by atoms with van der Waals surface area (Å²) in [6, 6.07) is 4.94. The summed E-state index contributed by atoms with van der Waals surface area (Å²) in [6.45, 7) is 4.34. The van der Waals surface area contributed by atoms with E-state index in [0.29, 0.717) is 41.8 Å². The third-order valence-electron chi connectivity index (χ3n) is 3.98. The molecular weight excluding hydrogens is 351 g/mol. The molecule has 1 aromatic rings. The molecule has 1 atom stereocenters. The van der Waals surface area contributed by atoms with Crippen LogP contribution < -0.4 is 5.32 Å². The predicted molar refractivity (Wildman–Crippen MR) is 95.5 cm³/mol. The number of nitrogens with one attached hydrogen (secondary N) is 1. The van der Waals surface area contributed by atoms with Gasteiger partial charge in [0.05, 0.1) is 23.2 Å². The zero-order valence-corrected chi connectivity index (χ0v) is 15.2. The smallest absolute Gasteiger partial charge is 0.310 e. The first-order valence-corrected chi connectivity index (χ1v) is 8.89. The Kier molecular flexibility index (Phi) is 7.34. The molecule has 24 heavy (non-hydrogen) atoms. The molecule has 1 aromatic carbocycles. The number of carbonyl (C=O) groups excluding carboxylic acids is 2. The van der Waals surface area contributed by atoms with Crippen molar-refractivity contribution in [3.05, 3.63) is 28.2 Å². The quantitative estimate of drug-likeness (QED) is 0.775. The lowest BCUT2D eigenvalue weighted by atomic mass is 9.98. The molecule has 7 heteroatoms. The van der Waals surface area contributed by atoms with Gasteiger partial charge >= 0.3 is 5.97 Å². The molecule has 0 aromatic heterocycles. The molecule has 0 aliphatic carbocycles. The van der Waals surface area contributed by atoms with E-state index >= 15 is 0 Å². The lowest BCUT2D eigenvalue weighted by molar-refractivity contribution is -0.149. The maximum Gasteiger partial charge on any atom is 0.310 e. The number of amides is 1. The Morgan fingerprint density at radius 2 is 2.17 bits per heavy atom. The molecule has 5 nitrogen and oxygen atoms in total. The Bertz CT molecular complexity index is 595. The second-order valence-corrected chi connectivity index (χ2v) is 6.66. The normalized spacial score (nSPS) is 18.2. The Morgan fingerprint density at radius 3 is 2.92 bits per heavy atom. The van der Waals surface area contributed by atoms with Gasteiger partial charge in [-0.3, -0.25) is 9.59 Å². The fourth-order valence-corrected chi connectivity index (χ4v) is 3.11. The summed E-state index contributed by atoms with van der Waals surface area (Å²) in [5.41, 5.74) is 0.511. The summed E-state index contributed by atoms with van der Waals surface area (Å²) in [5.74, 6) is -0.362. The van der Waals surface area contributed by atoms with Gasteiger partial charge in [-0.05, 0) is 44.5 Å². The van der Waals surface area contributed by atoms with Crippen molar-refractivity contribution in [2.45, 2.75) is 26.2 Å². The number of ether oxygens (including phenoxy) is 1. The molecule has 132 valence electrons. The van der Waals surface area contributed by atoms with Crippen LogP contribution in [-0.4, -0.2) is 43.0 Å². The molecule has 1 N–H and O–H groups in total. The first-order valence-electron chi connectivity index (χ1n) is 8.13. The van der Waals surface area contributed by atoms with E-state index in [2.05, 4.69) is 10.2 Å². The Balaban J connectivity index is 1.81. The van der Waals surface area contributed by atoms with Crippen LogP contribution in [0.15, 0.2) is 18.2 Å². The Hall–Kier alpha value is -1.30. The van der Waals surface area contributed by atoms with Gasteiger partial charge in [-0.25, -0.2) is 0 Å². The molecule has 1 fully saturated rings.